The monoisotopic (exact) mass is 570 g/mol. The average molecular weight is 571 g/mol. The molecule has 0 aromatic heterocycles. The number of hydrogen-bond donors (Lipinski definition) is 2. The standard InChI is InChI=1S/C31H38O10/c1-8-29(6)15-19(34)23-30(7)20(14-21(39-16(2)32)31(23,38)27(29)37)28(4,5)24(35)22(40-17(3)33)25(30)41-26(36)18-12-10-9-11-13-18/h8-13,20-25,35,38H,1,14-15H2,2-7H3/t20?,21-,22+,23?,24-,25+,29+,30+,31+/m1/s1. The van der Waals surface area contributed by atoms with Crippen molar-refractivity contribution in [1.82, 2.24) is 0 Å². The summed E-state index contributed by atoms with van der Waals surface area (Å²) < 4.78 is 17.2. The first kappa shape index (κ1) is 30.6. The second-order valence-electron chi connectivity index (χ2n) is 12.6. The van der Waals surface area contributed by atoms with Crippen molar-refractivity contribution in [2.75, 3.05) is 0 Å². The van der Waals surface area contributed by atoms with Crippen molar-refractivity contribution in [3.8, 4) is 0 Å². The predicted octanol–water partition coefficient (Wildman–Crippen LogP) is 2.58. The summed E-state index contributed by atoms with van der Waals surface area (Å²) in [7, 11) is 0. The molecule has 0 spiro atoms. The first-order valence-electron chi connectivity index (χ1n) is 13.7. The average Bonchev–Trinajstić information content (AvgIpc) is 2.89. The molecule has 3 aliphatic rings. The van der Waals surface area contributed by atoms with Crippen molar-refractivity contribution in [2.24, 2.45) is 28.1 Å². The molecule has 2 N–H and O–H groups in total. The van der Waals surface area contributed by atoms with Crippen LogP contribution in [0.4, 0.5) is 0 Å². The molecule has 0 radical (unpaired) electrons. The van der Waals surface area contributed by atoms with E-state index < -0.39 is 87.6 Å². The van der Waals surface area contributed by atoms with Crippen LogP contribution in [0.1, 0.15) is 64.7 Å². The Morgan fingerprint density at radius 2 is 1.56 bits per heavy atom. The zero-order valence-electron chi connectivity index (χ0n) is 24.2. The number of aliphatic hydroxyl groups is 2. The van der Waals surface area contributed by atoms with Gasteiger partial charge in [0, 0.05) is 25.7 Å². The van der Waals surface area contributed by atoms with E-state index in [9.17, 15) is 34.2 Å². The Morgan fingerprint density at radius 3 is 2.10 bits per heavy atom. The largest absolute Gasteiger partial charge is 0.459 e. The van der Waals surface area contributed by atoms with E-state index in [1.807, 2.05) is 0 Å². The molecular weight excluding hydrogens is 532 g/mol. The summed E-state index contributed by atoms with van der Waals surface area (Å²) in [6.07, 6.45) is -4.91. The molecule has 0 saturated heterocycles. The quantitative estimate of drug-likeness (QED) is 0.307. The molecule has 0 bridgehead atoms. The van der Waals surface area contributed by atoms with E-state index in [4.69, 9.17) is 14.2 Å². The fourth-order valence-electron chi connectivity index (χ4n) is 7.77. The predicted molar refractivity (Wildman–Crippen MR) is 144 cm³/mol. The van der Waals surface area contributed by atoms with Crippen molar-refractivity contribution in [2.45, 2.75) is 84.4 Å². The molecule has 3 saturated carbocycles. The van der Waals surface area contributed by atoms with E-state index in [1.165, 1.54) is 25.1 Å². The number of carbonyl (C=O) groups excluding carboxylic acids is 5. The number of fused-ring (bicyclic) bond motifs is 3. The molecule has 9 atom stereocenters. The van der Waals surface area contributed by atoms with E-state index in [1.54, 1.807) is 39.0 Å². The molecule has 0 heterocycles. The molecular formula is C31H38O10. The number of ether oxygens (including phenoxy) is 3. The highest BCUT2D eigenvalue weighted by molar-refractivity contribution is 6.06. The molecule has 10 nitrogen and oxygen atoms in total. The second kappa shape index (κ2) is 10.2. The third-order valence-corrected chi connectivity index (χ3v) is 9.69. The lowest BCUT2D eigenvalue weighted by atomic mass is 9.39. The Kier molecular flexibility index (Phi) is 7.58. The van der Waals surface area contributed by atoms with Crippen LogP contribution in [0.3, 0.4) is 0 Å². The highest BCUT2D eigenvalue weighted by Crippen LogP contribution is 2.66. The lowest BCUT2D eigenvalue weighted by Crippen LogP contribution is -2.80. The van der Waals surface area contributed by atoms with Gasteiger partial charge < -0.3 is 24.4 Å². The number of carbonyl (C=O) groups is 5. The SMILES string of the molecule is C=C[C@@]1(C)CC(=O)C2[C@]3(C)C(C[C@@H](OC(C)=O)[C@@]2(O)C1=O)C(C)(C)[C@H](O)[C@H](OC(C)=O)[C@@H]3OC(=O)c1ccccc1. The fraction of sp³-hybridized carbons (Fsp3) is 0.581. The summed E-state index contributed by atoms with van der Waals surface area (Å²) in [5.41, 5.74) is -6.51. The maximum absolute atomic E-state index is 14.2. The van der Waals surface area contributed by atoms with Crippen LogP contribution in [-0.4, -0.2) is 69.7 Å². The fourth-order valence-corrected chi connectivity index (χ4v) is 7.77. The number of rotatable bonds is 5. The van der Waals surface area contributed by atoms with Crippen LogP contribution in [0.25, 0.3) is 0 Å². The van der Waals surface area contributed by atoms with Crippen molar-refractivity contribution >= 4 is 29.5 Å². The Labute approximate surface area is 239 Å². The lowest BCUT2D eigenvalue weighted by molar-refractivity contribution is -0.293. The van der Waals surface area contributed by atoms with Crippen LogP contribution in [-0.2, 0) is 33.4 Å². The summed E-state index contributed by atoms with van der Waals surface area (Å²) in [6.45, 7) is 12.5. The molecule has 2 unspecified atom stereocenters. The van der Waals surface area contributed by atoms with Crippen molar-refractivity contribution in [3.05, 3.63) is 48.6 Å². The molecule has 0 amide bonds. The minimum absolute atomic E-state index is 0.147. The Morgan fingerprint density at radius 1 is 0.976 bits per heavy atom. The molecule has 0 aliphatic heterocycles. The van der Waals surface area contributed by atoms with Gasteiger partial charge in [-0.2, -0.15) is 0 Å². The first-order chi connectivity index (χ1) is 19.0. The van der Waals surface area contributed by atoms with Gasteiger partial charge in [0.2, 0.25) is 0 Å². The molecule has 41 heavy (non-hydrogen) atoms. The minimum atomic E-state index is -2.52. The Balaban J connectivity index is 1.99. The van der Waals surface area contributed by atoms with Gasteiger partial charge in [-0.15, -0.1) is 6.58 Å². The first-order valence-corrected chi connectivity index (χ1v) is 13.7. The molecule has 222 valence electrons. The summed E-state index contributed by atoms with van der Waals surface area (Å²) in [5, 5.41) is 24.0. The third kappa shape index (κ3) is 4.52. The van der Waals surface area contributed by atoms with Gasteiger partial charge in [-0.3, -0.25) is 19.2 Å². The second-order valence-corrected chi connectivity index (χ2v) is 12.6. The molecule has 4 rings (SSSR count). The highest BCUT2D eigenvalue weighted by Gasteiger charge is 2.78. The third-order valence-electron chi connectivity index (χ3n) is 9.69. The van der Waals surface area contributed by atoms with Gasteiger partial charge in [0.15, 0.2) is 17.5 Å². The number of aliphatic hydroxyl groups excluding tert-OH is 1. The van der Waals surface area contributed by atoms with Gasteiger partial charge in [-0.1, -0.05) is 45.0 Å². The number of esters is 3. The lowest BCUT2D eigenvalue weighted by Gasteiger charge is -2.67. The molecule has 1 aromatic carbocycles. The Bertz CT molecular complexity index is 1290. The number of benzene rings is 1. The van der Waals surface area contributed by atoms with Crippen LogP contribution < -0.4 is 0 Å². The number of hydrogen-bond acceptors (Lipinski definition) is 10. The van der Waals surface area contributed by atoms with Crippen LogP contribution in [0.15, 0.2) is 43.0 Å². The molecule has 3 fully saturated rings. The van der Waals surface area contributed by atoms with Crippen molar-refractivity contribution in [1.29, 1.82) is 0 Å². The van der Waals surface area contributed by atoms with Crippen LogP contribution >= 0.6 is 0 Å². The smallest absolute Gasteiger partial charge is 0.338 e. The van der Waals surface area contributed by atoms with Gasteiger partial charge in [-0.25, -0.2) is 4.79 Å². The summed E-state index contributed by atoms with van der Waals surface area (Å²) in [6, 6.07) is 8.01. The van der Waals surface area contributed by atoms with Crippen molar-refractivity contribution < 1.29 is 48.4 Å². The van der Waals surface area contributed by atoms with E-state index in [-0.39, 0.29) is 18.4 Å². The van der Waals surface area contributed by atoms with Crippen LogP contribution in [0.2, 0.25) is 0 Å². The number of allylic oxidation sites excluding steroid dienone is 1. The summed E-state index contributed by atoms with van der Waals surface area (Å²) in [5.74, 6) is -5.93. The van der Waals surface area contributed by atoms with Gasteiger partial charge in [0.05, 0.1) is 16.9 Å². The molecule has 3 aliphatic carbocycles. The normalized spacial score (nSPS) is 39.5. The van der Waals surface area contributed by atoms with E-state index in [0.717, 1.165) is 13.8 Å². The molecule has 10 heteroatoms. The number of Topliss-reactive ketones (excluding diaryl/α,β-unsaturated/α-hetero) is 2. The van der Waals surface area contributed by atoms with Crippen molar-refractivity contribution in [3.63, 3.8) is 0 Å². The maximum Gasteiger partial charge on any atom is 0.338 e. The van der Waals surface area contributed by atoms with E-state index >= 15 is 0 Å². The summed E-state index contributed by atoms with van der Waals surface area (Å²) in [4.78, 5) is 66.2. The van der Waals surface area contributed by atoms with E-state index in [0.29, 0.717) is 0 Å². The maximum atomic E-state index is 14.2. The van der Waals surface area contributed by atoms with E-state index in [2.05, 4.69) is 6.58 Å². The van der Waals surface area contributed by atoms with Gasteiger partial charge in [0.1, 0.15) is 24.1 Å². The Hall–Kier alpha value is -3.37. The topological polar surface area (TPSA) is 154 Å². The zero-order valence-corrected chi connectivity index (χ0v) is 24.2. The van der Waals surface area contributed by atoms with Gasteiger partial charge in [-0.05, 0) is 36.8 Å². The van der Waals surface area contributed by atoms with Gasteiger partial charge in [0.25, 0.3) is 0 Å². The minimum Gasteiger partial charge on any atom is -0.459 e. The summed E-state index contributed by atoms with van der Waals surface area (Å²) >= 11 is 0. The van der Waals surface area contributed by atoms with Crippen LogP contribution in [0.5, 0.6) is 0 Å². The number of ketones is 2. The highest BCUT2D eigenvalue weighted by atomic mass is 16.6. The molecule has 1 aromatic rings. The zero-order chi connectivity index (χ0) is 30.7. The van der Waals surface area contributed by atoms with Crippen LogP contribution in [0, 0.1) is 28.1 Å². The van der Waals surface area contributed by atoms with Gasteiger partial charge >= 0.3 is 17.9 Å².